The molecule has 0 spiro atoms. The van der Waals surface area contributed by atoms with Crippen LogP contribution in [0.4, 0.5) is 4.39 Å². The zero-order valence-electron chi connectivity index (χ0n) is 9.06. The van der Waals surface area contributed by atoms with Gasteiger partial charge in [-0.1, -0.05) is 36.3 Å². The third kappa shape index (κ3) is 3.62. The maximum Gasteiger partial charge on any atom is 0.278 e. The molecule has 0 atom stereocenters. The molecule has 0 aliphatic carbocycles. The van der Waals surface area contributed by atoms with E-state index in [1.165, 1.54) is 12.1 Å². The molecule has 0 saturated carbocycles. The van der Waals surface area contributed by atoms with Gasteiger partial charge in [0, 0.05) is 12.3 Å². The summed E-state index contributed by atoms with van der Waals surface area (Å²) >= 11 is 0. The van der Waals surface area contributed by atoms with Crippen LogP contribution in [-0.4, -0.2) is 12.8 Å². The first kappa shape index (κ1) is 11.2. The molecular formula is C14H10FNO. The van der Waals surface area contributed by atoms with Crippen LogP contribution >= 0.6 is 0 Å². The van der Waals surface area contributed by atoms with E-state index in [1.54, 1.807) is 6.21 Å². The van der Waals surface area contributed by atoms with Crippen molar-refractivity contribution in [3.8, 4) is 11.8 Å². The number of hydrogen-bond acceptors (Lipinski definition) is 2. The van der Waals surface area contributed by atoms with Crippen molar-refractivity contribution in [1.82, 2.24) is 0 Å². The standard InChI is InChI=1S/C14H10FNO/c15-14-9-8-13(17-14)7-4-10-16-11-12-5-2-1-3-6-12/h1-3,5-6,8-9,11H,10H2. The monoisotopic (exact) mass is 227 g/mol. The van der Waals surface area contributed by atoms with Crippen molar-refractivity contribution in [1.29, 1.82) is 0 Å². The molecule has 0 amide bonds. The minimum atomic E-state index is -0.623. The van der Waals surface area contributed by atoms with E-state index in [1.807, 2.05) is 30.3 Å². The molecule has 0 unspecified atom stereocenters. The van der Waals surface area contributed by atoms with Crippen LogP contribution in [0, 0.1) is 17.9 Å². The first-order valence-corrected chi connectivity index (χ1v) is 5.14. The van der Waals surface area contributed by atoms with Gasteiger partial charge in [0.25, 0.3) is 6.01 Å². The minimum Gasteiger partial charge on any atom is -0.422 e. The molecule has 1 aromatic heterocycles. The number of benzene rings is 1. The number of rotatable bonds is 2. The second-order valence-corrected chi connectivity index (χ2v) is 3.29. The predicted molar refractivity (Wildman–Crippen MR) is 64.4 cm³/mol. The van der Waals surface area contributed by atoms with Crippen molar-refractivity contribution >= 4 is 6.21 Å². The van der Waals surface area contributed by atoms with E-state index in [2.05, 4.69) is 21.3 Å². The van der Waals surface area contributed by atoms with Crippen LogP contribution < -0.4 is 0 Å². The number of nitrogens with zero attached hydrogens (tertiary/aromatic N) is 1. The molecule has 17 heavy (non-hydrogen) atoms. The topological polar surface area (TPSA) is 25.5 Å². The Bertz CT molecular complexity index is 561. The number of halogens is 1. The lowest BCUT2D eigenvalue weighted by molar-refractivity contribution is 0.354. The van der Waals surface area contributed by atoms with Crippen LogP contribution in [0.1, 0.15) is 11.3 Å². The molecule has 2 nitrogen and oxygen atoms in total. The van der Waals surface area contributed by atoms with Crippen molar-refractivity contribution in [3.05, 3.63) is 59.8 Å². The van der Waals surface area contributed by atoms with Gasteiger partial charge in [-0.15, -0.1) is 0 Å². The van der Waals surface area contributed by atoms with E-state index in [-0.39, 0.29) is 0 Å². The third-order valence-electron chi connectivity index (χ3n) is 2.00. The molecule has 0 aliphatic heterocycles. The van der Waals surface area contributed by atoms with Crippen molar-refractivity contribution in [2.45, 2.75) is 0 Å². The average Bonchev–Trinajstić information content (AvgIpc) is 2.76. The Balaban J connectivity index is 1.88. The summed E-state index contributed by atoms with van der Waals surface area (Å²) in [5.74, 6) is 5.78. The van der Waals surface area contributed by atoms with E-state index < -0.39 is 6.01 Å². The molecule has 84 valence electrons. The Kier molecular flexibility index (Phi) is 3.72. The Hall–Kier alpha value is -2.34. The zero-order valence-corrected chi connectivity index (χ0v) is 9.06. The quantitative estimate of drug-likeness (QED) is 0.572. The highest BCUT2D eigenvalue weighted by atomic mass is 19.1. The molecule has 0 fully saturated rings. The molecule has 2 rings (SSSR count). The van der Waals surface area contributed by atoms with Gasteiger partial charge < -0.3 is 4.42 Å². The van der Waals surface area contributed by atoms with Gasteiger partial charge >= 0.3 is 0 Å². The van der Waals surface area contributed by atoms with Gasteiger partial charge in [-0.2, -0.15) is 4.39 Å². The number of furan rings is 1. The van der Waals surface area contributed by atoms with Crippen molar-refractivity contribution in [2.24, 2.45) is 4.99 Å². The van der Waals surface area contributed by atoms with E-state index in [0.29, 0.717) is 12.3 Å². The highest BCUT2D eigenvalue weighted by Crippen LogP contribution is 2.02. The van der Waals surface area contributed by atoms with Crippen LogP contribution in [0.25, 0.3) is 0 Å². The van der Waals surface area contributed by atoms with E-state index in [4.69, 9.17) is 0 Å². The lowest BCUT2D eigenvalue weighted by Gasteiger charge is -1.88. The summed E-state index contributed by atoms with van der Waals surface area (Å²) in [5, 5.41) is 0. The fourth-order valence-corrected chi connectivity index (χ4v) is 1.24. The molecule has 2 aromatic rings. The highest BCUT2D eigenvalue weighted by Gasteiger charge is 1.94. The first-order chi connectivity index (χ1) is 8.34. The fourth-order valence-electron chi connectivity index (χ4n) is 1.24. The maximum atomic E-state index is 12.5. The second-order valence-electron chi connectivity index (χ2n) is 3.29. The van der Waals surface area contributed by atoms with Crippen LogP contribution in [0.5, 0.6) is 0 Å². The lowest BCUT2D eigenvalue weighted by atomic mass is 10.2. The summed E-state index contributed by atoms with van der Waals surface area (Å²) in [6.07, 6.45) is 1.75. The van der Waals surface area contributed by atoms with Gasteiger partial charge in [-0.3, -0.25) is 4.99 Å². The van der Waals surface area contributed by atoms with Crippen LogP contribution in [0.3, 0.4) is 0 Å². The summed E-state index contributed by atoms with van der Waals surface area (Å²) in [5.41, 5.74) is 1.03. The van der Waals surface area contributed by atoms with Gasteiger partial charge in [0.05, 0.1) is 0 Å². The summed E-state index contributed by atoms with van der Waals surface area (Å²) in [6, 6.07) is 11.8. The van der Waals surface area contributed by atoms with E-state index >= 15 is 0 Å². The van der Waals surface area contributed by atoms with E-state index in [9.17, 15) is 4.39 Å². The van der Waals surface area contributed by atoms with Crippen LogP contribution in [-0.2, 0) is 0 Å². The average molecular weight is 227 g/mol. The normalized spacial score (nSPS) is 10.2. The van der Waals surface area contributed by atoms with Crippen molar-refractivity contribution < 1.29 is 8.81 Å². The van der Waals surface area contributed by atoms with Crippen LogP contribution in [0.15, 0.2) is 51.9 Å². The van der Waals surface area contributed by atoms with Gasteiger partial charge in [-0.25, -0.2) is 0 Å². The Morgan fingerprint density at radius 1 is 1.18 bits per heavy atom. The van der Waals surface area contributed by atoms with E-state index in [0.717, 1.165) is 5.56 Å². The highest BCUT2D eigenvalue weighted by molar-refractivity contribution is 5.79. The molecular weight excluding hydrogens is 217 g/mol. The Labute approximate surface area is 98.8 Å². The van der Waals surface area contributed by atoms with Gasteiger partial charge in [0.15, 0.2) is 5.76 Å². The predicted octanol–water partition coefficient (Wildman–Crippen LogP) is 2.89. The molecule has 3 heteroatoms. The van der Waals surface area contributed by atoms with Gasteiger partial charge in [-0.05, 0) is 17.6 Å². The van der Waals surface area contributed by atoms with Crippen LogP contribution in [0.2, 0.25) is 0 Å². The molecule has 0 aliphatic rings. The van der Waals surface area contributed by atoms with Gasteiger partial charge in [0.1, 0.15) is 6.54 Å². The SMILES string of the molecule is Fc1ccc(C#CCN=Cc2ccccc2)o1. The number of hydrogen-bond donors (Lipinski definition) is 0. The lowest BCUT2D eigenvalue weighted by Crippen LogP contribution is -1.81. The first-order valence-electron chi connectivity index (χ1n) is 5.14. The summed E-state index contributed by atoms with van der Waals surface area (Å²) in [7, 11) is 0. The summed E-state index contributed by atoms with van der Waals surface area (Å²) in [4.78, 5) is 4.13. The molecule has 0 saturated heterocycles. The smallest absolute Gasteiger partial charge is 0.278 e. The second kappa shape index (κ2) is 5.66. The molecule has 0 bridgehead atoms. The largest absolute Gasteiger partial charge is 0.422 e. The van der Waals surface area contributed by atoms with Gasteiger partial charge in [0.2, 0.25) is 0 Å². The Morgan fingerprint density at radius 3 is 2.71 bits per heavy atom. The third-order valence-corrected chi connectivity index (χ3v) is 2.00. The molecule has 1 aromatic carbocycles. The molecule has 0 N–H and O–H groups in total. The molecule has 0 radical (unpaired) electrons. The van der Waals surface area contributed by atoms with Crippen molar-refractivity contribution in [2.75, 3.05) is 6.54 Å². The Morgan fingerprint density at radius 2 is 2.00 bits per heavy atom. The summed E-state index contributed by atoms with van der Waals surface area (Å²) in [6.45, 7) is 0.358. The summed E-state index contributed by atoms with van der Waals surface area (Å²) < 4.78 is 17.1. The minimum absolute atomic E-state index is 0.317. The zero-order chi connectivity index (χ0) is 11.9. The fraction of sp³-hybridized carbons (Fsp3) is 0.0714. The number of aliphatic imine (C=N–C) groups is 1. The maximum absolute atomic E-state index is 12.5. The molecule has 1 heterocycles. The van der Waals surface area contributed by atoms with Crippen molar-refractivity contribution in [3.63, 3.8) is 0 Å².